The normalized spacial score (nSPS) is 14.1. The Labute approximate surface area is 188 Å². The molecule has 0 aromatic carbocycles. The van der Waals surface area contributed by atoms with Crippen molar-refractivity contribution in [2.45, 2.75) is 32.2 Å². The van der Waals surface area contributed by atoms with Crippen molar-refractivity contribution < 1.29 is 4.79 Å². The van der Waals surface area contributed by atoms with Crippen molar-refractivity contribution in [3.05, 3.63) is 84.1 Å². The van der Waals surface area contributed by atoms with Crippen LogP contribution in [-0.2, 0) is 18.3 Å². The summed E-state index contributed by atoms with van der Waals surface area (Å²) < 4.78 is 1.75. The molecule has 3 aromatic rings. The van der Waals surface area contributed by atoms with Crippen molar-refractivity contribution in [2.75, 3.05) is 11.9 Å². The van der Waals surface area contributed by atoms with Gasteiger partial charge in [-0.05, 0) is 55.5 Å². The average Bonchev–Trinajstić information content (AvgIpc) is 3.25. The van der Waals surface area contributed by atoms with E-state index in [-0.39, 0.29) is 5.91 Å². The quantitative estimate of drug-likeness (QED) is 0.573. The second-order valence-corrected chi connectivity index (χ2v) is 7.95. The molecule has 1 atom stereocenters. The van der Waals surface area contributed by atoms with Crippen LogP contribution < -0.4 is 10.6 Å². The van der Waals surface area contributed by atoms with Gasteiger partial charge in [0.25, 0.3) is 0 Å². The van der Waals surface area contributed by atoms with E-state index in [1.165, 1.54) is 0 Å². The number of carbonyl (C=O) groups is 1. The number of allylic oxidation sites excluding steroid dienone is 2. The van der Waals surface area contributed by atoms with Crippen LogP contribution >= 0.6 is 0 Å². The first-order valence-electron chi connectivity index (χ1n) is 10.9. The lowest BCUT2D eigenvalue weighted by Gasteiger charge is -2.21. The number of carbonyl (C=O) groups excluding carboxylic acids is 1. The first-order chi connectivity index (χ1) is 15.6. The van der Waals surface area contributed by atoms with Crippen molar-refractivity contribution in [3.8, 4) is 11.1 Å². The lowest BCUT2D eigenvalue weighted by atomic mass is 9.99. The molecule has 7 nitrogen and oxygen atoms in total. The molecule has 0 aliphatic heterocycles. The van der Waals surface area contributed by atoms with E-state index in [9.17, 15) is 4.79 Å². The predicted molar refractivity (Wildman–Crippen MR) is 126 cm³/mol. The van der Waals surface area contributed by atoms with Gasteiger partial charge in [0.1, 0.15) is 11.9 Å². The molecule has 3 heterocycles. The fourth-order valence-corrected chi connectivity index (χ4v) is 3.62. The highest BCUT2D eigenvalue weighted by atomic mass is 16.2. The third-order valence-corrected chi connectivity index (χ3v) is 5.41. The zero-order valence-electron chi connectivity index (χ0n) is 18.5. The monoisotopic (exact) mass is 428 g/mol. The highest BCUT2D eigenvalue weighted by Gasteiger charge is 2.22. The van der Waals surface area contributed by atoms with Gasteiger partial charge in [0.2, 0.25) is 5.91 Å². The van der Waals surface area contributed by atoms with Crippen molar-refractivity contribution in [1.29, 1.82) is 0 Å². The largest absolute Gasteiger partial charge is 0.309 e. The molecular formula is C25H28N6O. The van der Waals surface area contributed by atoms with Crippen molar-refractivity contribution in [2.24, 2.45) is 7.05 Å². The molecule has 0 radical (unpaired) electrons. The number of aryl methyl sites for hydroxylation is 2. The second-order valence-electron chi connectivity index (χ2n) is 7.95. The Morgan fingerprint density at radius 1 is 1.09 bits per heavy atom. The van der Waals surface area contributed by atoms with Crippen LogP contribution in [0.3, 0.4) is 0 Å². The lowest BCUT2D eigenvalue weighted by molar-refractivity contribution is -0.117. The number of anilines is 1. The van der Waals surface area contributed by atoms with Gasteiger partial charge in [-0.3, -0.25) is 14.5 Å². The smallest absolute Gasteiger partial charge is 0.247 e. The van der Waals surface area contributed by atoms with E-state index >= 15 is 0 Å². The molecule has 0 saturated carbocycles. The lowest BCUT2D eigenvalue weighted by Crippen LogP contribution is -2.43. The zero-order chi connectivity index (χ0) is 22.3. The molecule has 0 fully saturated rings. The van der Waals surface area contributed by atoms with Gasteiger partial charge in [0, 0.05) is 49.0 Å². The molecule has 2 N–H and O–H groups in total. The Morgan fingerprint density at radius 3 is 2.66 bits per heavy atom. The van der Waals surface area contributed by atoms with Gasteiger partial charge in [-0.1, -0.05) is 24.3 Å². The molecular weight excluding hydrogens is 400 g/mol. The molecule has 164 valence electrons. The third kappa shape index (κ3) is 5.56. The standard InChI is InChI=1S/C25H28N6O/c1-18-8-9-19(14-27-18)12-13-26-24(20-6-4-3-5-7-20)25(32)30-23-11-10-21(15-28-23)22-16-29-31(2)17-22/h4,6-11,14-17,24,26H,3,5,12-13H2,1-2H3,(H,28,30,32). The summed E-state index contributed by atoms with van der Waals surface area (Å²) in [6.45, 7) is 2.64. The first-order valence-corrected chi connectivity index (χ1v) is 10.9. The van der Waals surface area contributed by atoms with Gasteiger partial charge in [0.05, 0.1) is 6.20 Å². The molecule has 3 aromatic heterocycles. The topological polar surface area (TPSA) is 84.7 Å². The van der Waals surface area contributed by atoms with E-state index in [1.54, 1.807) is 17.1 Å². The minimum Gasteiger partial charge on any atom is -0.309 e. The van der Waals surface area contributed by atoms with E-state index < -0.39 is 6.04 Å². The van der Waals surface area contributed by atoms with E-state index in [1.807, 2.05) is 50.6 Å². The molecule has 1 unspecified atom stereocenters. The number of pyridine rings is 2. The molecule has 32 heavy (non-hydrogen) atoms. The molecule has 1 aliphatic carbocycles. The Kier molecular flexibility index (Phi) is 6.87. The average molecular weight is 429 g/mol. The van der Waals surface area contributed by atoms with Gasteiger partial charge in [0.15, 0.2) is 0 Å². The summed E-state index contributed by atoms with van der Waals surface area (Å²) in [6.07, 6.45) is 16.4. The molecule has 0 saturated heterocycles. The van der Waals surface area contributed by atoms with Gasteiger partial charge in [-0.25, -0.2) is 4.98 Å². The maximum atomic E-state index is 13.1. The van der Waals surface area contributed by atoms with E-state index in [0.29, 0.717) is 12.4 Å². The molecule has 1 amide bonds. The van der Waals surface area contributed by atoms with Crippen LogP contribution in [0.25, 0.3) is 11.1 Å². The number of amides is 1. The fourth-order valence-electron chi connectivity index (χ4n) is 3.62. The SMILES string of the molecule is Cc1ccc(CCNC(C(=O)Nc2ccc(-c3cnn(C)c3)cn2)C2=CCCC=C2)cn1. The van der Waals surface area contributed by atoms with E-state index in [2.05, 4.69) is 43.9 Å². The summed E-state index contributed by atoms with van der Waals surface area (Å²) in [5, 5.41) is 10.6. The molecule has 7 heteroatoms. The van der Waals surface area contributed by atoms with Crippen LogP contribution in [0.1, 0.15) is 24.1 Å². The van der Waals surface area contributed by atoms with Crippen molar-refractivity contribution in [3.63, 3.8) is 0 Å². The summed E-state index contributed by atoms with van der Waals surface area (Å²) in [5.41, 5.74) is 5.07. The minimum absolute atomic E-state index is 0.119. The van der Waals surface area contributed by atoms with Gasteiger partial charge < -0.3 is 10.6 Å². The van der Waals surface area contributed by atoms with E-state index in [4.69, 9.17) is 0 Å². The molecule has 0 spiro atoms. The maximum absolute atomic E-state index is 13.1. The number of aromatic nitrogens is 4. The summed E-state index contributed by atoms with van der Waals surface area (Å²) in [7, 11) is 1.88. The zero-order valence-corrected chi connectivity index (χ0v) is 18.5. The Morgan fingerprint density at radius 2 is 2.00 bits per heavy atom. The minimum atomic E-state index is -0.440. The van der Waals surface area contributed by atoms with Crippen LogP contribution in [0, 0.1) is 6.92 Å². The summed E-state index contributed by atoms with van der Waals surface area (Å²) >= 11 is 0. The Bertz CT molecular complexity index is 1110. The Balaban J connectivity index is 1.42. The van der Waals surface area contributed by atoms with Crippen molar-refractivity contribution >= 4 is 11.7 Å². The van der Waals surface area contributed by atoms with Crippen LogP contribution in [0.4, 0.5) is 5.82 Å². The second kappa shape index (κ2) is 10.2. The summed E-state index contributed by atoms with van der Waals surface area (Å²) in [6, 6.07) is 7.40. The summed E-state index contributed by atoms with van der Waals surface area (Å²) in [5.74, 6) is 0.407. The number of nitrogens with zero attached hydrogens (tertiary/aromatic N) is 4. The fraction of sp³-hybridized carbons (Fsp3) is 0.280. The highest BCUT2D eigenvalue weighted by Crippen LogP contribution is 2.19. The number of rotatable bonds is 8. The van der Waals surface area contributed by atoms with Crippen LogP contribution in [-0.4, -0.2) is 38.2 Å². The first kappa shape index (κ1) is 21.6. The predicted octanol–water partition coefficient (Wildman–Crippen LogP) is 3.60. The summed E-state index contributed by atoms with van der Waals surface area (Å²) in [4.78, 5) is 21.9. The van der Waals surface area contributed by atoms with Crippen LogP contribution in [0.2, 0.25) is 0 Å². The maximum Gasteiger partial charge on any atom is 0.247 e. The number of hydrogen-bond acceptors (Lipinski definition) is 5. The molecule has 0 bridgehead atoms. The molecule has 4 rings (SSSR count). The van der Waals surface area contributed by atoms with Gasteiger partial charge >= 0.3 is 0 Å². The Hall–Kier alpha value is -3.58. The molecule has 1 aliphatic rings. The number of hydrogen-bond donors (Lipinski definition) is 2. The highest BCUT2D eigenvalue weighted by molar-refractivity contribution is 5.96. The van der Waals surface area contributed by atoms with Crippen molar-refractivity contribution in [1.82, 2.24) is 25.1 Å². The van der Waals surface area contributed by atoms with Gasteiger partial charge in [-0.15, -0.1) is 0 Å². The van der Waals surface area contributed by atoms with Gasteiger partial charge in [-0.2, -0.15) is 5.10 Å². The number of nitrogens with one attached hydrogen (secondary N) is 2. The van der Waals surface area contributed by atoms with Crippen LogP contribution in [0.15, 0.2) is 72.9 Å². The third-order valence-electron chi connectivity index (χ3n) is 5.41. The van der Waals surface area contributed by atoms with E-state index in [0.717, 1.165) is 47.2 Å². The van der Waals surface area contributed by atoms with Crippen LogP contribution in [0.5, 0.6) is 0 Å².